The molecule has 182 valence electrons. The molecule has 9 nitrogen and oxygen atoms in total. The van der Waals surface area contributed by atoms with Crippen molar-refractivity contribution in [2.75, 3.05) is 5.75 Å². The van der Waals surface area contributed by atoms with Crippen LogP contribution in [-0.4, -0.2) is 70.6 Å². The molecule has 1 N–H and O–H groups in total. The molecule has 0 fully saturated rings. The molecule has 2 aromatic rings. The molecular weight excluding hydrogens is 487 g/mol. The lowest BCUT2D eigenvalue weighted by atomic mass is 10.1. The maximum absolute atomic E-state index is 13.3. The van der Waals surface area contributed by atoms with Crippen LogP contribution in [0.3, 0.4) is 0 Å². The van der Waals surface area contributed by atoms with Crippen molar-refractivity contribution >= 4 is 23.4 Å². The number of aliphatic hydroxyl groups is 1. The fraction of sp³-hybridized carbons (Fsp3) is 0.562. The van der Waals surface area contributed by atoms with Crippen LogP contribution in [0.25, 0.3) is 11.5 Å². The number of nitrogens with zero attached hydrogens (tertiary/aromatic N) is 7. The van der Waals surface area contributed by atoms with Gasteiger partial charge in [0.2, 0.25) is 5.72 Å². The minimum atomic E-state index is -4.66. The highest BCUT2D eigenvalue weighted by atomic mass is 32.2. The van der Waals surface area contributed by atoms with Gasteiger partial charge in [-0.15, -0.1) is 10.2 Å². The van der Waals surface area contributed by atoms with Crippen LogP contribution in [0.2, 0.25) is 0 Å². The molecule has 0 radical (unpaired) electrons. The Labute approximate surface area is 185 Å². The third-order valence-corrected chi connectivity index (χ3v) is 5.58. The fourth-order valence-corrected chi connectivity index (χ4v) is 3.90. The monoisotopic (exact) mass is 503 g/mol. The molecule has 1 aliphatic rings. The normalized spacial score (nSPS) is 19.2. The molecule has 33 heavy (non-hydrogen) atoms. The quantitative estimate of drug-likeness (QED) is 0.461. The van der Waals surface area contributed by atoms with Crippen LogP contribution < -0.4 is 0 Å². The van der Waals surface area contributed by atoms with E-state index in [4.69, 9.17) is 0 Å². The SMILES string of the molecule is CCn1c(SCC(=O)N2N=C(C(F)F)CC2(O)C(F)F)nnc1-c1cc(C(F)(F)F)n(C)n1. The summed E-state index contributed by atoms with van der Waals surface area (Å²) in [6.07, 6.45) is -12.7. The number of hydrogen-bond acceptors (Lipinski definition) is 7. The first-order valence-corrected chi connectivity index (χ1v) is 10.1. The number of amides is 1. The smallest absolute Gasteiger partial charge is 0.364 e. The summed E-state index contributed by atoms with van der Waals surface area (Å²) in [5.41, 5.74) is -5.45. The summed E-state index contributed by atoms with van der Waals surface area (Å²) in [5, 5.41) is 24.5. The highest BCUT2D eigenvalue weighted by Gasteiger charge is 2.53. The van der Waals surface area contributed by atoms with E-state index in [1.807, 2.05) is 0 Å². The molecule has 3 heterocycles. The number of hydrogen-bond donors (Lipinski definition) is 1. The number of carbonyl (C=O) groups excluding carboxylic acids is 1. The van der Waals surface area contributed by atoms with E-state index in [0.717, 1.165) is 13.1 Å². The predicted molar refractivity (Wildman–Crippen MR) is 99.5 cm³/mol. The van der Waals surface area contributed by atoms with Gasteiger partial charge in [-0.3, -0.25) is 9.48 Å². The Morgan fingerprint density at radius 3 is 2.45 bits per heavy atom. The Kier molecular flexibility index (Phi) is 6.74. The number of rotatable bonds is 7. The zero-order valence-electron chi connectivity index (χ0n) is 16.9. The summed E-state index contributed by atoms with van der Waals surface area (Å²) in [6, 6.07) is 0.767. The van der Waals surface area contributed by atoms with Crippen molar-refractivity contribution < 1.29 is 40.6 Å². The Morgan fingerprint density at radius 1 is 1.27 bits per heavy atom. The van der Waals surface area contributed by atoms with Crippen molar-refractivity contribution in [1.29, 1.82) is 0 Å². The second-order valence-electron chi connectivity index (χ2n) is 6.83. The zero-order valence-corrected chi connectivity index (χ0v) is 17.7. The summed E-state index contributed by atoms with van der Waals surface area (Å²) in [5.74, 6) is -1.90. The molecule has 0 saturated heterocycles. The highest BCUT2D eigenvalue weighted by Crippen LogP contribution is 2.35. The van der Waals surface area contributed by atoms with Crippen LogP contribution in [-0.2, 0) is 24.6 Å². The van der Waals surface area contributed by atoms with Crippen LogP contribution in [0.4, 0.5) is 30.7 Å². The molecule has 1 aliphatic heterocycles. The van der Waals surface area contributed by atoms with Crippen LogP contribution >= 0.6 is 11.8 Å². The second kappa shape index (κ2) is 8.92. The van der Waals surface area contributed by atoms with Gasteiger partial charge in [0.15, 0.2) is 11.0 Å². The Morgan fingerprint density at radius 2 is 1.94 bits per heavy atom. The molecular formula is C16H16F7N7O2S. The second-order valence-corrected chi connectivity index (χ2v) is 7.77. The van der Waals surface area contributed by atoms with E-state index >= 15 is 0 Å². The van der Waals surface area contributed by atoms with Gasteiger partial charge in [0.05, 0.1) is 5.75 Å². The van der Waals surface area contributed by atoms with E-state index in [-0.39, 0.29) is 28.2 Å². The number of aromatic nitrogens is 5. The number of hydrazone groups is 1. The first-order chi connectivity index (χ1) is 15.3. The van der Waals surface area contributed by atoms with Gasteiger partial charge in [-0.05, 0) is 13.0 Å². The van der Waals surface area contributed by atoms with E-state index in [1.165, 1.54) is 4.57 Å². The summed E-state index contributed by atoms with van der Waals surface area (Å²) < 4.78 is 93.4. The minimum absolute atomic E-state index is 0.0258. The van der Waals surface area contributed by atoms with Gasteiger partial charge in [-0.25, -0.2) is 17.6 Å². The van der Waals surface area contributed by atoms with Crippen LogP contribution in [0.5, 0.6) is 0 Å². The van der Waals surface area contributed by atoms with E-state index < -0.39 is 54.2 Å². The van der Waals surface area contributed by atoms with Crippen LogP contribution in [0, 0.1) is 0 Å². The van der Waals surface area contributed by atoms with Crippen molar-refractivity contribution in [3.05, 3.63) is 11.8 Å². The zero-order chi connectivity index (χ0) is 24.7. The van der Waals surface area contributed by atoms with Crippen molar-refractivity contribution in [2.45, 2.75) is 49.8 Å². The standard InChI is InChI=1S/C16H16F7N7O2S/c1-3-29-12(7-4-9(16(21,22)23)28(2)26-7)24-25-14(29)33-6-10(31)30-15(32,13(19)20)5-8(27-30)11(17)18/h4,11,13,32H,3,5-6H2,1-2H3. The van der Waals surface area contributed by atoms with Crippen molar-refractivity contribution in [3.63, 3.8) is 0 Å². The summed E-state index contributed by atoms with van der Waals surface area (Å²) in [7, 11) is 1.10. The molecule has 3 rings (SSSR count). The lowest BCUT2D eigenvalue weighted by molar-refractivity contribution is -0.190. The van der Waals surface area contributed by atoms with Crippen molar-refractivity contribution in [3.8, 4) is 11.5 Å². The van der Waals surface area contributed by atoms with E-state index in [1.54, 1.807) is 6.92 Å². The van der Waals surface area contributed by atoms with Gasteiger partial charge in [0, 0.05) is 20.0 Å². The van der Waals surface area contributed by atoms with Gasteiger partial charge in [0.1, 0.15) is 17.1 Å². The average molecular weight is 503 g/mol. The molecule has 0 aliphatic carbocycles. The lowest BCUT2D eigenvalue weighted by Crippen LogP contribution is -2.52. The number of carbonyl (C=O) groups is 1. The number of thioether (sulfide) groups is 1. The summed E-state index contributed by atoms with van der Waals surface area (Å²) in [4.78, 5) is 12.4. The molecule has 1 atom stereocenters. The summed E-state index contributed by atoms with van der Waals surface area (Å²) >= 11 is 0.649. The number of halogens is 7. The first kappa shape index (κ1) is 24.9. The Bertz CT molecular complexity index is 1070. The maximum atomic E-state index is 13.3. The fourth-order valence-electron chi connectivity index (χ4n) is 3.05. The van der Waals surface area contributed by atoms with E-state index in [0.29, 0.717) is 16.4 Å². The molecule has 0 spiro atoms. The highest BCUT2D eigenvalue weighted by molar-refractivity contribution is 7.99. The predicted octanol–water partition coefficient (Wildman–Crippen LogP) is 2.62. The number of alkyl halides is 7. The minimum Gasteiger partial charge on any atom is -0.364 e. The Hall–Kier alpha value is -2.69. The molecule has 1 unspecified atom stereocenters. The van der Waals surface area contributed by atoms with Crippen LogP contribution in [0.15, 0.2) is 16.3 Å². The summed E-state index contributed by atoms with van der Waals surface area (Å²) in [6.45, 7) is 1.76. The van der Waals surface area contributed by atoms with Crippen molar-refractivity contribution in [1.82, 2.24) is 29.6 Å². The van der Waals surface area contributed by atoms with Crippen molar-refractivity contribution in [2.24, 2.45) is 12.1 Å². The van der Waals surface area contributed by atoms with E-state index in [2.05, 4.69) is 20.4 Å². The first-order valence-electron chi connectivity index (χ1n) is 9.16. The third kappa shape index (κ3) is 4.68. The topological polar surface area (TPSA) is 101 Å². The average Bonchev–Trinajstić information content (AvgIpc) is 3.40. The molecule has 0 saturated carbocycles. The van der Waals surface area contributed by atoms with Gasteiger partial charge in [-0.1, -0.05) is 11.8 Å². The maximum Gasteiger partial charge on any atom is 0.433 e. The van der Waals surface area contributed by atoms with Gasteiger partial charge < -0.3 is 9.67 Å². The molecule has 2 aromatic heterocycles. The molecule has 1 amide bonds. The van der Waals surface area contributed by atoms with Gasteiger partial charge >= 0.3 is 6.18 Å². The molecule has 17 heteroatoms. The number of aryl methyl sites for hydroxylation is 1. The van der Waals surface area contributed by atoms with Crippen LogP contribution in [0.1, 0.15) is 19.0 Å². The van der Waals surface area contributed by atoms with E-state index in [9.17, 15) is 40.6 Å². The molecule has 0 bridgehead atoms. The largest absolute Gasteiger partial charge is 0.433 e. The van der Waals surface area contributed by atoms with Gasteiger partial charge in [-0.2, -0.15) is 28.4 Å². The third-order valence-electron chi connectivity index (χ3n) is 4.63. The Balaban J connectivity index is 1.81. The van der Waals surface area contributed by atoms with Gasteiger partial charge in [0.25, 0.3) is 18.8 Å². The lowest BCUT2D eigenvalue weighted by Gasteiger charge is -2.29. The molecule has 0 aromatic carbocycles.